The first-order valence-electron chi connectivity index (χ1n) is 13.7. The number of carbonyl (C=O) groups is 4. The van der Waals surface area contributed by atoms with Crippen LogP contribution in [0.4, 0.5) is 0 Å². The van der Waals surface area contributed by atoms with E-state index in [2.05, 4.69) is 30.9 Å². The van der Waals surface area contributed by atoms with Crippen molar-refractivity contribution in [2.24, 2.45) is 17.4 Å². The van der Waals surface area contributed by atoms with Gasteiger partial charge in [-0.2, -0.15) is 0 Å². The fraction of sp³-hybridized carbons (Fsp3) is 0.464. The van der Waals surface area contributed by atoms with E-state index in [1.807, 2.05) is 24.3 Å². The Bertz CT molecular complexity index is 1310. The lowest BCUT2D eigenvalue weighted by Crippen LogP contribution is -2.58. The number of nitrogens with two attached hydrogens (primary N) is 2. The van der Waals surface area contributed by atoms with Gasteiger partial charge in [-0.25, -0.2) is 9.78 Å². The highest BCUT2D eigenvalue weighted by Crippen LogP contribution is 2.19. The van der Waals surface area contributed by atoms with Crippen molar-refractivity contribution in [1.82, 2.24) is 30.9 Å². The van der Waals surface area contributed by atoms with Crippen molar-refractivity contribution in [1.29, 1.82) is 0 Å². The molecule has 0 saturated carbocycles. The molecule has 0 aliphatic heterocycles. The van der Waals surface area contributed by atoms with Gasteiger partial charge < -0.3 is 42.5 Å². The van der Waals surface area contributed by atoms with E-state index < -0.39 is 47.9 Å². The molecule has 10 N–H and O–H groups in total. The molecule has 0 saturated heterocycles. The molecule has 4 unspecified atom stereocenters. The van der Waals surface area contributed by atoms with Gasteiger partial charge in [0.2, 0.25) is 17.7 Å². The van der Waals surface area contributed by atoms with Gasteiger partial charge in [-0.15, -0.1) is 0 Å². The molecule has 0 fully saturated rings. The second kappa shape index (κ2) is 15.0. The maximum Gasteiger partial charge on any atom is 0.326 e. The van der Waals surface area contributed by atoms with Crippen molar-refractivity contribution in [2.45, 2.75) is 70.1 Å². The third kappa shape index (κ3) is 8.88. The molecular weight excluding hydrogens is 528 g/mol. The number of hydrogen-bond acceptors (Lipinski definition) is 7. The number of benzene rings is 1. The molecule has 3 rings (SSSR count). The number of carboxylic acids is 1. The van der Waals surface area contributed by atoms with Crippen LogP contribution in [0.2, 0.25) is 0 Å². The quantitative estimate of drug-likeness (QED) is 0.112. The van der Waals surface area contributed by atoms with Gasteiger partial charge in [0, 0.05) is 41.8 Å². The topological polar surface area (TPSA) is 221 Å². The van der Waals surface area contributed by atoms with Crippen molar-refractivity contribution in [2.75, 3.05) is 6.54 Å². The van der Waals surface area contributed by atoms with Gasteiger partial charge in [-0.3, -0.25) is 14.4 Å². The summed E-state index contributed by atoms with van der Waals surface area (Å²) >= 11 is 0. The summed E-state index contributed by atoms with van der Waals surface area (Å²) < 4.78 is 0. The van der Waals surface area contributed by atoms with Crippen molar-refractivity contribution < 1.29 is 24.3 Å². The van der Waals surface area contributed by atoms with E-state index in [0.29, 0.717) is 25.1 Å². The van der Waals surface area contributed by atoms with Gasteiger partial charge >= 0.3 is 5.97 Å². The van der Waals surface area contributed by atoms with Gasteiger partial charge in [-0.1, -0.05) is 32.0 Å². The zero-order chi connectivity index (χ0) is 29.9. The molecule has 3 aromatic rings. The van der Waals surface area contributed by atoms with Crippen LogP contribution in [0.5, 0.6) is 0 Å². The van der Waals surface area contributed by atoms with Gasteiger partial charge in [-0.05, 0) is 43.4 Å². The van der Waals surface area contributed by atoms with E-state index in [1.54, 1.807) is 20.0 Å². The van der Waals surface area contributed by atoms with Crippen LogP contribution in [-0.2, 0) is 32.0 Å². The average Bonchev–Trinajstić information content (AvgIpc) is 3.61. The predicted molar refractivity (Wildman–Crippen MR) is 153 cm³/mol. The summed E-state index contributed by atoms with van der Waals surface area (Å²) in [5.41, 5.74) is 13.7. The van der Waals surface area contributed by atoms with E-state index in [-0.39, 0.29) is 25.2 Å². The highest BCUT2D eigenvalue weighted by Gasteiger charge is 2.31. The predicted octanol–water partition coefficient (Wildman–Crippen LogP) is 0.328. The second-order valence-corrected chi connectivity index (χ2v) is 10.4. The third-order valence-electron chi connectivity index (χ3n) is 6.93. The first-order chi connectivity index (χ1) is 19.6. The Morgan fingerprint density at radius 3 is 2.22 bits per heavy atom. The normalized spacial score (nSPS) is 14.3. The number of fused-ring (bicyclic) bond motifs is 1. The van der Waals surface area contributed by atoms with Crippen LogP contribution in [-0.4, -0.2) is 74.5 Å². The molecule has 0 bridgehead atoms. The number of unbranched alkanes of at least 4 members (excludes halogenated alkanes) is 1. The molecule has 2 heterocycles. The summed E-state index contributed by atoms with van der Waals surface area (Å²) in [5.74, 6) is -3.14. The number of rotatable bonds is 16. The summed E-state index contributed by atoms with van der Waals surface area (Å²) in [7, 11) is 0. The highest BCUT2D eigenvalue weighted by atomic mass is 16.4. The van der Waals surface area contributed by atoms with Gasteiger partial charge in [0.15, 0.2) is 0 Å². The number of carboxylic acid groups (broad SMARTS) is 1. The zero-order valence-corrected chi connectivity index (χ0v) is 23.4. The first-order valence-corrected chi connectivity index (χ1v) is 13.7. The standard InChI is InChI=1S/C28H40N8O5/c1-16(2)24(30)27(39)36-23(12-18-14-31-15-33-18)26(38)35-22(11-17-13-32-20-8-4-3-7-19(17)20)25(37)34-21(28(40)41)9-5-6-10-29/h3-4,7-8,13-16,21-24,32H,5-6,9-12,29-30H2,1-2H3,(H,31,33)(H,34,37)(H,35,38)(H,36,39)(H,40,41). The van der Waals surface area contributed by atoms with Crippen molar-refractivity contribution in [3.63, 3.8) is 0 Å². The number of aliphatic carboxylic acids is 1. The molecule has 222 valence electrons. The van der Waals surface area contributed by atoms with Crippen LogP contribution in [0.1, 0.15) is 44.4 Å². The molecule has 0 aliphatic carbocycles. The van der Waals surface area contributed by atoms with Crippen LogP contribution >= 0.6 is 0 Å². The Kier molecular flexibility index (Phi) is 11.4. The second-order valence-electron chi connectivity index (χ2n) is 10.4. The number of aromatic nitrogens is 3. The summed E-state index contributed by atoms with van der Waals surface area (Å²) in [5, 5.41) is 18.6. The van der Waals surface area contributed by atoms with Crippen LogP contribution in [0.25, 0.3) is 10.9 Å². The largest absolute Gasteiger partial charge is 0.480 e. The molecule has 0 radical (unpaired) electrons. The van der Waals surface area contributed by atoms with Gasteiger partial charge in [0.25, 0.3) is 0 Å². The van der Waals surface area contributed by atoms with Crippen LogP contribution < -0.4 is 27.4 Å². The number of para-hydroxylation sites is 1. The van der Waals surface area contributed by atoms with E-state index >= 15 is 0 Å². The number of nitrogens with zero attached hydrogens (tertiary/aromatic N) is 1. The minimum absolute atomic E-state index is 0.0701. The molecule has 0 aliphatic rings. The van der Waals surface area contributed by atoms with E-state index in [9.17, 15) is 24.3 Å². The molecule has 13 nitrogen and oxygen atoms in total. The lowest BCUT2D eigenvalue weighted by Gasteiger charge is -2.25. The minimum atomic E-state index is -1.18. The number of H-pyrrole nitrogens is 2. The highest BCUT2D eigenvalue weighted by molar-refractivity contribution is 5.95. The smallest absolute Gasteiger partial charge is 0.326 e. The number of amides is 3. The first kappa shape index (κ1) is 31.3. The van der Waals surface area contributed by atoms with Gasteiger partial charge in [0.1, 0.15) is 18.1 Å². The Hall–Kier alpha value is -4.23. The van der Waals surface area contributed by atoms with Crippen LogP contribution in [0, 0.1) is 5.92 Å². The number of nitrogens with one attached hydrogen (secondary N) is 5. The lowest BCUT2D eigenvalue weighted by molar-refractivity contribution is -0.142. The molecule has 13 heteroatoms. The van der Waals surface area contributed by atoms with E-state index in [0.717, 1.165) is 16.5 Å². The van der Waals surface area contributed by atoms with Crippen LogP contribution in [0.3, 0.4) is 0 Å². The number of imidazole rings is 1. The minimum Gasteiger partial charge on any atom is -0.480 e. The Balaban J connectivity index is 1.87. The summed E-state index contributed by atoms with van der Waals surface area (Å²) in [6.45, 7) is 3.99. The molecule has 41 heavy (non-hydrogen) atoms. The molecule has 1 aromatic carbocycles. The summed E-state index contributed by atoms with van der Waals surface area (Å²) in [4.78, 5) is 61.8. The number of aromatic amines is 2. The fourth-order valence-corrected chi connectivity index (χ4v) is 4.42. The Morgan fingerprint density at radius 1 is 0.927 bits per heavy atom. The third-order valence-corrected chi connectivity index (χ3v) is 6.93. The Morgan fingerprint density at radius 2 is 1.59 bits per heavy atom. The lowest BCUT2D eigenvalue weighted by atomic mass is 10.0. The zero-order valence-electron chi connectivity index (χ0n) is 23.4. The van der Waals surface area contributed by atoms with E-state index in [4.69, 9.17) is 11.5 Å². The molecule has 4 atom stereocenters. The Labute approximate surface area is 238 Å². The van der Waals surface area contributed by atoms with Crippen LogP contribution in [0.15, 0.2) is 43.0 Å². The molecule has 3 amide bonds. The van der Waals surface area contributed by atoms with Gasteiger partial charge in [0.05, 0.1) is 12.4 Å². The average molecular weight is 569 g/mol. The SMILES string of the molecule is CC(C)C(N)C(=O)NC(Cc1cnc[nH]1)C(=O)NC(Cc1c[nH]c2ccccc12)C(=O)NC(CCCCN)C(=O)O. The van der Waals surface area contributed by atoms with Crippen molar-refractivity contribution >= 4 is 34.6 Å². The number of carbonyl (C=O) groups excluding carboxylic acids is 3. The fourth-order valence-electron chi connectivity index (χ4n) is 4.42. The maximum atomic E-state index is 13.6. The van der Waals surface area contributed by atoms with Crippen molar-refractivity contribution in [3.05, 3.63) is 54.2 Å². The number of hydrogen-bond donors (Lipinski definition) is 8. The molecular formula is C28H40N8O5. The summed E-state index contributed by atoms with van der Waals surface area (Å²) in [6, 6.07) is 3.29. The van der Waals surface area contributed by atoms with Crippen molar-refractivity contribution in [3.8, 4) is 0 Å². The monoisotopic (exact) mass is 568 g/mol. The summed E-state index contributed by atoms with van der Waals surface area (Å²) in [6.07, 6.45) is 6.20. The maximum absolute atomic E-state index is 13.6. The molecule has 2 aromatic heterocycles. The molecule has 0 spiro atoms. The van der Waals surface area contributed by atoms with E-state index in [1.165, 1.54) is 12.5 Å².